The molecular weight excluding hydrogens is 448 g/mol. The number of rotatable bonds is 5. The Morgan fingerprint density at radius 1 is 1.12 bits per heavy atom. The first-order valence-electron chi connectivity index (χ1n) is 11.4. The van der Waals surface area contributed by atoms with Crippen LogP contribution in [0.3, 0.4) is 0 Å². The SMILES string of the molecule is CC1CCCC1.CN(C)C1CCCN(c2cc(F)c(S(=O)(=O)Nc3ccncn3)c(F)c2)C1.[HH]. The summed E-state index contributed by atoms with van der Waals surface area (Å²) >= 11 is 0. The molecule has 184 valence electrons. The van der Waals surface area contributed by atoms with Crippen LogP contribution >= 0.6 is 0 Å². The van der Waals surface area contributed by atoms with E-state index in [1.165, 1.54) is 37.9 Å². The van der Waals surface area contributed by atoms with Gasteiger partial charge in [-0.2, -0.15) is 0 Å². The predicted molar refractivity (Wildman–Crippen MR) is 128 cm³/mol. The van der Waals surface area contributed by atoms with Crippen molar-refractivity contribution in [1.29, 1.82) is 0 Å². The van der Waals surface area contributed by atoms with Crippen molar-refractivity contribution in [1.82, 2.24) is 14.9 Å². The number of aromatic nitrogens is 2. The molecule has 7 nitrogen and oxygen atoms in total. The molecule has 1 aromatic carbocycles. The van der Waals surface area contributed by atoms with E-state index in [0.717, 1.165) is 37.2 Å². The number of piperidine rings is 1. The standard InChI is InChI=1S/C17H21F2N5O2S.C6H12.H2/c1-23(2)12-4-3-7-24(10-12)13-8-14(18)17(15(19)9-13)27(25,26)22-16-5-6-20-11-21-16;1-6-4-2-3-5-6;/h5-6,8-9,11-12H,3-4,7,10H2,1-2H3,(H,20,21,22);6H,2-5H2,1H3;1H. The molecule has 2 fully saturated rings. The van der Waals surface area contributed by atoms with Crippen molar-refractivity contribution in [2.75, 3.05) is 36.8 Å². The zero-order valence-corrected chi connectivity index (χ0v) is 20.3. The lowest BCUT2D eigenvalue weighted by Gasteiger charge is -2.37. The zero-order chi connectivity index (χ0) is 24.0. The molecule has 0 bridgehead atoms. The zero-order valence-electron chi connectivity index (χ0n) is 19.5. The van der Waals surface area contributed by atoms with Gasteiger partial charge in [-0.05, 0) is 51.1 Å². The van der Waals surface area contributed by atoms with Gasteiger partial charge in [0.1, 0.15) is 23.8 Å². The minimum Gasteiger partial charge on any atom is -0.370 e. The maximum atomic E-state index is 14.6. The molecule has 10 heteroatoms. The molecule has 1 aromatic heterocycles. The number of hydrogen-bond acceptors (Lipinski definition) is 6. The van der Waals surface area contributed by atoms with Crippen LogP contribution in [0.1, 0.15) is 46.9 Å². The molecule has 1 N–H and O–H groups in total. The van der Waals surface area contributed by atoms with Crippen LogP contribution in [-0.2, 0) is 10.0 Å². The van der Waals surface area contributed by atoms with E-state index in [0.29, 0.717) is 18.8 Å². The Balaban J connectivity index is 0.000000508. The number of nitrogens with zero attached hydrogens (tertiary/aromatic N) is 4. The quantitative estimate of drug-likeness (QED) is 0.673. The summed E-state index contributed by atoms with van der Waals surface area (Å²) in [6, 6.07) is 3.69. The number of likely N-dealkylation sites (N-methyl/N-ethyl adjacent to an activating group) is 1. The smallest absolute Gasteiger partial charge is 0.268 e. The van der Waals surface area contributed by atoms with E-state index in [-0.39, 0.29) is 13.3 Å². The van der Waals surface area contributed by atoms with Crippen molar-refractivity contribution in [2.45, 2.75) is 56.4 Å². The minimum atomic E-state index is -4.46. The number of halogens is 2. The van der Waals surface area contributed by atoms with Gasteiger partial charge in [-0.15, -0.1) is 0 Å². The molecule has 2 aromatic rings. The number of nitrogens with one attached hydrogen (secondary N) is 1. The lowest BCUT2D eigenvalue weighted by molar-refractivity contribution is 0.258. The Kier molecular flexibility index (Phi) is 8.58. The molecule has 1 atom stereocenters. The van der Waals surface area contributed by atoms with Crippen LogP contribution < -0.4 is 9.62 Å². The van der Waals surface area contributed by atoms with Gasteiger partial charge in [-0.3, -0.25) is 4.72 Å². The van der Waals surface area contributed by atoms with E-state index in [4.69, 9.17) is 0 Å². The molecule has 1 saturated carbocycles. The summed E-state index contributed by atoms with van der Waals surface area (Å²) in [6.45, 7) is 3.62. The van der Waals surface area contributed by atoms with Crippen molar-refractivity contribution in [3.05, 3.63) is 42.4 Å². The van der Waals surface area contributed by atoms with Gasteiger partial charge in [0.2, 0.25) is 0 Å². The van der Waals surface area contributed by atoms with E-state index in [1.807, 2.05) is 19.0 Å². The summed E-state index contributed by atoms with van der Waals surface area (Å²) in [5, 5.41) is 0. The highest BCUT2D eigenvalue weighted by Crippen LogP contribution is 2.29. The molecule has 4 rings (SSSR count). The second kappa shape index (κ2) is 11.2. The average molecular weight is 484 g/mol. The highest BCUT2D eigenvalue weighted by molar-refractivity contribution is 7.92. The molecule has 0 amide bonds. The lowest BCUT2D eigenvalue weighted by Crippen LogP contribution is -2.45. The highest BCUT2D eigenvalue weighted by atomic mass is 32.2. The third kappa shape index (κ3) is 6.83. The average Bonchev–Trinajstić information content (AvgIpc) is 3.25. The molecule has 0 radical (unpaired) electrons. The number of hydrogen-bond donors (Lipinski definition) is 1. The van der Waals surface area contributed by atoms with Crippen LogP contribution in [-0.4, -0.2) is 56.5 Å². The fourth-order valence-electron chi connectivity index (χ4n) is 4.27. The van der Waals surface area contributed by atoms with Crippen molar-refractivity contribution in [3.63, 3.8) is 0 Å². The second-order valence-electron chi connectivity index (χ2n) is 9.03. The minimum absolute atomic E-state index is 0. The van der Waals surface area contributed by atoms with Crippen molar-refractivity contribution in [2.24, 2.45) is 5.92 Å². The monoisotopic (exact) mass is 483 g/mol. The molecule has 2 aliphatic rings. The van der Waals surface area contributed by atoms with Crippen LogP contribution in [0.2, 0.25) is 0 Å². The molecule has 0 spiro atoms. The van der Waals surface area contributed by atoms with Crippen LogP contribution in [0.4, 0.5) is 20.3 Å². The Labute approximate surface area is 196 Å². The molecule has 1 aliphatic heterocycles. The third-order valence-electron chi connectivity index (χ3n) is 6.21. The largest absolute Gasteiger partial charge is 0.370 e. The van der Waals surface area contributed by atoms with Crippen LogP contribution in [0.25, 0.3) is 0 Å². The van der Waals surface area contributed by atoms with Gasteiger partial charge in [0.15, 0.2) is 4.90 Å². The summed E-state index contributed by atoms with van der Waals surface area (Å²) in [4.78, 5) is 10.3. The van der Waals surface area contributed by atoms with Gasteiger partial charge >= 0.3 is 0 Å². The Bertz CT molecular complexity index is 998. The molecule has 1 saturated heterocycles. The van der Waals surface area contributed by atoms with Gasteiger partial charge in [-0.1, -0.05) is 32.6 Å². The first-order valence-corrected chi connectivity index (χ1v) is 12.8. The number of sulfonamides is 1. The molecule has 33 heavy (non-hydrogen) atoms. The maximum absolute atomic E-state index is 14.6. The van der Waals surface area contributed by atoms with E-state index < -0.39 is 26.6 Å². The van der Waals surface area contributed by atoms with Gasteiger partial charge < -0.3 is 9.80 Å². The normalized spacial score (nSPS) is 19.3. The van der Waals surface area contributed by atoms with E-state index >= 15 is 0 Å². The van der Waals surface area contributed by atoms with E-state index in [2.05, 4.69) is 26.5 Å². The Hall–Kier alpha value is -2.33. The number of benzene rings is 1. The first kappa shape index (κ1) is 25.3. The molecular formula is C23H35F2N5O2S. The highest BCUT2D eigenvalue weighted by Gasteiger charge is 2.28. The lowest BCUT2D eigenvalue weighted by atomic mass is 10.0. The Morgan fingerprint density at radius 2 is 1.79 bits per heavy atom. The van der Waals surface area contributed by atoms with Gasteiger partial charge in [-0.25, -0.2) is 27.2 Å². The van der Waals surface area contributed by atoms with Gasteiger partial charge in [0, 0.05) is 32.4 Å². The number of anilines is 2. The molecule has 1 unspecified atom stereocenters. The van der Waals surface area contributed by atoms with E-state index in [9.17, 15) is 17.2 Å². The van der Waals surface area contributed by atoms with Gasteiger partial charge in [0.05, 0.1) is 0 Å². The van der Waals surface area contributed by atoms with Crippen molar-refractivity contribution >= 4 is 21.5 Å². The second-order valence-corrected chi connectivity index (χ2v) is 10.7. The Morgan fingerprint density at radius 3 is 2.30 bits per heavy atom. The third-order valence-corrected chi connectivity index (χ3v) is 7.61. The summed E-state index contributed by atoms with van der Waals surface area (Å²) in [7, 11) is -0.539. The fraction of sp³-hybridized carbons (Fsp3) is 0.565. The van der Waals surface area contributed by atoms with Crippen LogP contribution in [0.5, 0.6) is 0 Å². The van der Waals surface area contributed by atoms with Crippen molar-refractivity contribution < 1.29 is 18.6 Å². The summed E-state index contributed by atoms with van der Waals surface area (Å²) in [5.41, 5.74) is 0.331. The van der Waals surface area contributed by atoms with Crippen molar-refractivity contribution in [3.8, 4) is 0 Å². The maximum Gasteiger partial charge on any atom is 0.268 e. The summed E-state index contributed by atoms with van der Waals surface area (Å²) < 4.78 is 56.0. The molecule has 1 aliphatic carbocycles. The predicted octanol–water partition coefficient (Wildman–Crippen LogP) is 4.53. The van der Waals surface area contributed by atoms with Gasteiger partial charge in [0.25, 0.3) is 10.0 Å². The summed E-state index contributed by atoms with van der Waals surface area (Å²) in [5.74, 6) is -1.31. The first-order chi connectivity index (χ1) is 15.7. The molecule has 2 heterocycles. The fourth-order valence-corrected chi connectivity index (χ4v) is 5.40. The van der Waals surface area contributed by atoms with Crippen LogP contribution in [0, 0.1) is 17.6 Å². The summed E-state index contributed by atoms with van der Waals surface area (Å²) in [6.07, 6.45) is 10.3. The topological polar surface area (TPSA) is 78.4 Å². The van der Waals surface area contributed by atoms with Crippen LogP contribution in [0.15, 0.2) is 35.6 Å². The van der Waals surface area contributed by atoms with E-state index in [1.54, 1.807) is 0 Å².